The molecule has 1 atom stereocenters. The van der Waals surface area contributed by atoms with Crippen molar-refractivity contribution in [2.75, 3.05) is 6.61 Å². The standard InChI is InChI=1S/C14H19NO3/c1-8-5-10(6-9(2)11(8)16)12-14(3,4)7-18-13(17)15-12/h5-6,12,16H,7H2,1-4H3,(H,15,17)/t12-/m1/s1. The summed E-state index contributed by atoms with van der Waals surface area (Å²) in [6.45, 7) is 8.21. The van der Waals surface area contributed by atoms with Gasteiger partial charge in [-0.05, 0) is 30.5 Å². The van der Waals surface area contributed by atoms with Crippen LogP contribution in [0, 0.1) is 19.3 Å². The van der Waals surface area contributed by atoms with E-state index < -0.39 is 0 Å². The molecule has 0 saturated carbocycles. The van der Waals surface area contributed by atoms with E-state index in [-0.39, 0.29) is 17.6 Å². The van der Waals surface area contributed by atoms with Crippen molar-refractivity contribution >= 4 is 6.09 Å². The Balaban J connectivity index is 2.43. The fourth-order valence-electron chi connectivity index (χ4n) is 2.38. The third-order valence-corrected chi connectivity index (χ3v) is 3.47. The summed E-state index contributed by atoms with van der Waals surface area (Å²) in [6.07, 6.45) is -0.386. The molecule has 4 nitrogen and oxygen atoms in total. The molecule has 1 fully saturated rings. The molecule has 1 heterocycles. The summed E-state index contributed by atoms with van der Waals surface area (Å²) < 4.78 is 5.03. The van der Waals surface area contributed by atoms with Gasteiger partial charge in [0, 0.05) is 5.41 Å². The van der Waals surface area contributed by atoms with Gasteiger partial charge in [0.15, 0.2) is 0 Å². The van der Waals surface area contributed by atoms with Crippen LogP contribution in [0.2, 0.25) is 0 Å². The van der Waals surface area contributed by atoms with Gasteiger partial charge in [-0.3, -0.25) is 0 Å². The highest BCUT2D eigenvalue weighted by atomic mass is 16.6. The van der Waals surface area contributed by atoms with Crippen LogP contribution >= 0.6 is 0 Å². The number of ether oxygens (including phenoxy) is 1. The van der Waals surface area contributed by atoms with Crippen LogP contribution in [0.15, 0.2) is 12.1 Å². The Morgan fingerprint density at radius 3 is 2.44 bits per heavy atom. The molecule has 2 rings (SSSR count). The van der Waals surface area contributed by atoms with Gasteiger partial charge in [0.1, 0.15) is 12.4 Å². The van der Waals surface area contributed by atoms with Gasteiger partial charge < -0.3 is 15.2 Å². The van der Waals surface area contributed by atoms with Gasteiger partial charge in [0.25, 0.3) is 0 Å². The number of cyclic esters (lactones) is 1. The quantitative estimate of drug-likeness (QED) is 0.804. The van der Waals surface area contributed by atoms with Crippen LogP contribution in [0.5, 0.6) is 5.75 Å². The summed E-state index contributed by atoms with van der Waals surface area (Å²) in [5, 5.41) is 12.7. The lowest BCUT2D eigenvalue weighted by Crippen LogP contribution is -2.46. The van der Waals surface area contributed by atoms with E-state index in [2.05, 4.69) is 19.2 Å². The molecule has 98 valence electrons. The van der Waals surface area contributed by atoms with Crippen LogP contribution in [-0.4, -0.2) is 17.8 Å². The van der Waals surface area contributed by atoms with Crippen LogP contribution in [0.4, 0.5) is 4.79 Å². The van der Waals surface area contributed by atoms with Gasteiger partial charge in [-0.15, -0.1) is 0 Å². The monoisotopic (exact) mass is 249 g/mol. The van der Waals surface area contributed by atoms with Crippen molar-refractivity contribution in [2.24, 2.45) is 5.41 Å². The van der Waals surface area contributed by atoms with E-state index in [0.29, 0.717) is 12.4 Å². The number of amides is 1. The Hall–Kier alpha value is -1.71. The molecule has 1 aliphatic heterocycles. The number of aromatic hydroxyl groups is 1. The summed E-state index contributed by atoms with van der Waals surface area (Å²) in [6, 6.07) is 3.73. The summed E-state index contributed by atoms with van der Waals surface area (Å²) in [5.74, 6) is 0.315. The highest BCUT2D eigenvalue weighted by Crippen LogP contribution is 2.38. The molecule has 0 radical (unpaired) electrons. The zero-order chi connectivity index (χ0) is 13.5. The molecule has 0 spiro atoms. The number of benzene rings is 1. The zero-order valence-electron chi connectivity index (χ0n) is 11.2. The molecule has 1 saturated heterocycles. The summed E-state index contributed by atoms with van der Waals surface area (Å²) in [4.78, 5) is 11.4. The summed E-state index contributed by atoms with van der Waals surface area (Å²) >= 11 is 0. The lowest BCUT2D eigenvalue weighted by Gasteiger charge is -2.38. The molecule has 4 heteroatoms. The maximum atomic E-state index is 11.4. The minimum absolute atomic E-state index is 0.100. The lowest BCUT2D eigenvalue weighted by molar-refractivity contribution is 0.0387. The minimum Gasteiger partial charge on any atom is -0.507 e. The van der Waals surface area contributed by atoms with E-state index in [1.165, 1.54) is 0 Å². The number of hydrogen-bond donors (Lipinski definition) is 2. The number of aryl methyl sites for hydroxylation is 2. The molecule has 0 aliphatic carbocycles. The molecule has 1 aliphatic rings. The first-order valence-corrected chi connectivity index (χ1v) is 6.04. The SMILES string of the molecule is Cc1cc([C@H]2NC(=O)OCC2(C)C)cc(C)c1O. The molecule has 2 N–H and O–H groups in total. The first kappa shape index (κ1) is 12.7. The number of alkyl carbamates (subject to hydrolysis) is 1. The Morgan fingerprint density at radius 1 is 1.33 bits per heavy atom. The Morgan fingerprint density at radius 2 is 1.89 bits per heavy atom. The first-order valence-electron chi connectivity index (χ1n) is 6.04. The third kappa shape index (κ3) is 2.15. The Labute approximate surface area is 107 Å². The number of phenols is 1. The van der Waals surface area contributed by atoms with Gasteiger partial charge in [0.05, 0.1) is 6.04 Å². The predicted molar refractivity (Wildman–Crippen MR) is 68.6 cm³/mol. The number of hydrogen-bond acceptors (Lipinski definition) is 3. The number of nitrogens with one attached hydrogen (secondary N) is 1. The van der Waals surface area contributed by atoms with Crippen LogP contribution < -0.4 is 5.32 Å². The van der Waals surface area contributed by atoms with Crippen LogP contribution in [0.3, 0.4) is 0 Å². The minimum atomic E-state index is -0.386. The maximum Gasteiger partial charge on any atom is 0.407 e. The van der Waals surface area contributed by atoms with E-state index in [0.717, 1.165) is 16.7 Å². The zero-order valence-corrected chi connectivity index (χ0v) is 11.2. The van der Waals surface area contributed by atoms with Crippen LogP contribution in [0.1, 0.15) is 36.6 Å². The van der Waals surface area contributed by atoms with Crippen LogP contribution in [-0.2, 0) is 4.74 Å². The van der Waals surface area contributed by atoms with Crippen molar-refractivity contribution in [1.29, 1.82) is 0 Å². The number of carbonyl (C=O) groups is 1. The predicted octanol–water partition coefficient (Wildman–Crippen LogP) is 2.82. The first-order chi connectivity index (χ1) is 8.31. The van der Waals surface area contributed by atoms with Crippen LogP contribution in [0.25, 0.3) is 0 Å². The van der Waals surface area contributed by atoms with Gasteiger partial charge in [-0.1, -0.05) is 26.0 Å². The molecular weight excluding hydrogens is 230 g/mol. The number of rotatable bonds is 1. The van der Waals surface area contributed by atoms with Gasteiger partial charge in [0.2, 0.25) is 0 Å². The second kappa shape index (κ2) is 4.19. The van der Waals surface area contributed by atoms with Crippen molar-refractivity contribution in [2.45, 2.75) is 33.7 Å². The molecule has 1 aromatic carbocycles. The fourth-order valence-corrected chi connectivity index (χ4v) is 2.38. The smallest absolute Gasteiger partial charge is 0.407 e. The Kier molecular flexibility index (Phi) is 2.97. The van der Waals surface area contributed by atoms with E-state index in [9.17, 15) is 9.90 Å². The van der Waals surface area contributed by atoms with Gasteiger partial charge >= 0.3 is 6.09 Å². The molecule has 18 heavy (non-hydrogen) atoms. The molecule has 1 aromatic rings. The van der Waals surface area contributed by atoms with Crippen molar-refractivity contribution in [3.05, 3.63) is 28.8 Å². The second-order valence-electron chi connectivity index (χ2n) is 5.65. The van der Waals surface area contributed by atoms with Crippen molar-refractivity contribution in [1.82, 2.24) is 5.32 Å². The third-order valence-electron chi connectivity index (χ3n) is 3.47. The number of carbonyl (C=O) groups excluding carboxylic acids is 1. The summed E-state index contributed by atoms with van der Waals surface area (Å²) in [7, 11) is 0. The van der Waals surface area contributed by atoms with Crippen molar-refractivity contribution in [3.8, 4) is 5.75 Å². The second-order valence-corrected chi connectivity index (χ2v) is 5.65. The topological polar surface area (TPSA) is 58.6 Å². The highest BCUT2D eigenvalue weighted by molar-refractivity contribution is 5.69. The van der Waals surface area contributed by atoms with E-state index in [1.807, 2.05) is 26.0 Å². The summed E-state index contributed by atoms with van der Waals surface area (Å²) in [5.41, 5.74) is 2.47. The Bertz CT molecular complexity index is 471. The molecule has 0 unspecified atom stereocenters. The van der Waals surface area contributed by atoms with Gasteiger partial charge in [-0.2, -0.15) is 0 Å². The fraction of sp³-hybridized carbons (Fsp3) is 0.500. The molecule has 0 bridgehead atoms. The van der Waals surface area contributed by atoms with Crippen molar-refractivity contribution in [3.63, 3.8) is 0 Å². The number of phenolic OH excluding ortho intramolecular Hbond substituents is 1. The lowest BCUT2D eigenvalue weighted by atomic mass is 9.79. The molecule has 1 amide bonds. The molecular formula is C14H19NO3. The highest BCUT2D eigenvalue weighted by Gasteiger charge is 2.38. The van der Waals surface area contributed by atoms with E-state index in [1.54, 1.807) is 0 Å². The van der Waals surface area contributed by atoms with Gasteiger partial charge in [-0.25, -0.2) is 4.79 Å². The largest absolute Gasteiger partial charge is 0.507 e. The van der Waals surface area contributed by atoms with Crippen molar-refractivity contribution < 1.29 is 14.6 Å². The molecule has 0 aromatic heterocycles. The van der Waals surface area contributed by atoms with E-state index >= 15 is 0 Å². The van der Waals surface area contributed by atoms with E-state index in [4.69, 9.17) is 4.74 Å². The average Bonchev–Trinajstić information content (AvgIpc) is 2.28. The maximum absolute atomic E-state index is 11.4. The average molecular weight is 249 g/mol. The normalized spacial score (nSPS) is 22.2.